The molecule has 0 aliphatic rings. The summed E-state index contributed by atoms with van der Waals surface area (Å²) in [5.41, 5.74) is 1.80. The number of halogens is 1. The highest BCUT2D eigenvalue weighted by atomic mass is 79.9. The third-order valence-electron chi connectivity index (χ3n) is 2.18. The molecule has 0 aliphatic carbocycles. The van der Waals surface area contributed by atoms with Gasteiger partial charge in [-0.3, -0.25) is 0 Å². The Bertz CT molecular complexity index is 525. The number of nitrogens with zero attached hydrogens (tertiary/aromatic N) is 1. The molecule has 86 valence electrons. The largest absolute Gasteiger partial charge is 0.444 e. The zero-order chi connectivity index (χ0) is 12.1. The minimum Gasteiger partial charge on any atom is -0.444 e. The standard InChI is InChI=1S/C13H11BrN2O/c1-2-7-15-8-12-9-17-13(16-12)10-3-5-11(14)6-4-10/h1,3-6,9,15H,7-8H2. The van der Waals surface area contributed by atoms with Gasteiger partial charge in [0.15, 0.2) is 0 Å². The number of benzene rings is 1. The molecule has 1 aromatic carbocycles. The van der Waals surface area contributed by atoms with Crippen molar-refractivity contribution in [3.8, 4) is 23.8 Å². The van der Waals surface area contributed by atoms with Gasteiger partial charge in [-0.25, -0.2) is 4.98 Å². The van der Waals surface area contributed by atoms with E-state index >= 15 is 0 Å². The van der Waals surface area contributed by atoms with Gasteiger partial charge in [-0.15, -0.1) is 6.42 Å². The molecule has 0 spiro atoms. The molecule has 4 heteroatoms. The number of rotatable bonds is 4. The van der Waals surface area contributed by atoms with Crippen LogP contribution in [-0.4, -0.2) is 11.5 Å². The Morgan fingerprint density at radius 3 is 2.82 bits per heavy atom. The molecule has 2 rings (SSSR count). The van der Waals surface area contributed by atoms with Crippen LogP contribution in [0.1, 0.15) is 5.69 Å². The van der Waals surface area contributed by atoms with Crippen molar-refractivity contribution in [1.82, 2.24) is 10.3 Å². The lowest BCUT2D eigenvalue weighted by molar-refractivity contribution is 0.571. The van der Waals surface area contributed by atoms with Gasteiger partial charge in [-0.2, -0.15) is 0 Å². The quantitative estimate of drug-likeness (QED) is 0.695. The number of nitrogens with one attached hydrogen (secondary N) is 1. The summed E-state index contributed by atoms with van der Waals surface area (Å²) in [4.78, 5) is 4.37. The van der Waals surface area contributed by atoms with Crippen molar-refractivity contribution in [2.45, 2.75) is 6.54 Å². The lowest BCUT2D eigenvalue weighted by atomic mass is 10.2. The first-order valence-electron chi connectivity index (χ1n) is 5.14. The molecule has 0 atom stereocenters. The smallest absolute Gasteiger partial charge is 0.226 e. The highest BCUT2D eigenvalue weighted by Gasteiger charge is 2.05. The molecule has 0 saturated carbocycles. The van der Waals surface area contributed by atoms with Crippen molar-refractivity contribution < 1.29 is 4.42 Å². The summed E-state index contributed by atoms with van der Waals surface area (Å²) in [6.07, 6.45) is 6.78. The Balaban J connectivity index is 2.08. The van der Waals surface area contributed by atoms with Gasteiger partial charge in [-0.1, -0.05) is 21.9 Å². The average molecular weight is 291 g/mol. The third-order valence-corrected chi connectivity index (χ3v) is 2.70. The number of oxazole rings is 1. The van der Waals surface area contributed by atoms with E-state index in [1.165, 1.54) is 0 Å². The highest BCUT2D eigenvalue weighted by Crippen LogP contribution is 2.20. The first-order valence-corrected chi connectivity index (χ1v) is 5.93. The average Bonchev–Trinajstić information content (AvgIpc) is 2.79. The summed E-state index contributed by atoms with van der Waals surface area (Å²) in [6, 6.07) is 7.81. The van der Waals surface area contributed by atoms with Crippen molar-refractivity contribution in [3.05, 3.63) is 40.7 Å². The van der Waals surface area contributed by atoms with E-state index in [-0.39, 0.29) is 0 Å². The van der Waals surface area contributed by atoms with Crippen molar-refractivity contribution in [2.75, 3.05) is 6.54 Å². The lowest BCUT2D eigenvalue weighted by Crippen LogP contribution is -2.13. The predicted octanol–water partition coefficient (Wildman–Crippen LogP) is 2.83. The summed E-state index contributed by atoms with van der Waals surface area (Å²) in [5, 5.41) is 3.06. The van der Waals surface area contributed by atoms with Crippen LogP contribution in [0.25, 0.3) is 11.5 Å². The van der Waals surface area contributed by atoms with E-state index in [0.717, 1.165) is 15.7 Å². The van der Waals surface area contributed by atoms with Crippen LogP contribution in [0, 0.1) is 12.3 Å². The molecule has 2 aromatic rings. The van der Waals surface area contributed by atoms with Gasteiger partial charge in [0, 0.05) is 16.6 Å². The molecule has 0 fully saturated rings. The number of hydrogen-bond acceptors (Lipinski definition) is 3. The van der Waals surface area contributed by atoms with Crippen LogP contribution in [-0.2, 0) is 6.54 Å². The van der Waals surface area contributed by atoms with E-state index in [1.807, 2.05) is 24.3 Å². The minimum atomic E-state index is 0.528. The van der Waals surface area contributed by atoms with E-state index in [4.69, 9.17) is 10.8 Å². The van der Waals surface area contributed by atoms with E-state index in [0.29, 0.717) is 19.0 Å². The summed E-state index contributed by atoms with van der Waals surface area (Å²) < 4.78 is 6.43. The predicted molar refractivity (Wildman–Crippen MR) is 70.2 cm³/mol. The molecule has 3 nitrogen and oxygen atoms in total. The first-order chi connectivity index (χ1) is 8.29. The topological polar surface area (TPSA) is 38.1 Å². The molecule has 0 saturated heterocycles. The monoisotopic (exact) mass is 290 g/mol. The van der Waals surface area contributed by atoms with Crippen LogP contribution in [0.15, 0.2) is 39.4 Å². The number of terminal acetylenes is 1. The van der Waals surface area contributed by atoms with Crippen molar-refractivity contribution >= 4 is 15.9 Å². The van der Waals surface area contributed by atoms with Crippen molar-refractivity contribution in [1.29, 1.82) is 0 Å². The minimum absolute atomic E-state index is 0.528. The second-order valence-electron chi connectivity index (χ2n) is 3.46. The lowest BCUT2D eigenvalue weighted by Gasteiger charge is -1.95. The molecule has 17 heavy (non-hydrogen) atoms. The number of aromatic nitrogens is 1. The fraction of sp³-hybridized carbons (Fsp3) is 0.154. The van der Waals surface area contributed by atoms with Crippen molar-refractivity contribution in [2.24, 2.45) is 0 Å². The summed E-state index contributed by atoms with van der Waals surface area (Å²) in [6.45, 7) is 1.14. The fourth-order valence-corrected chi connectivity index (χ4v) is 1.64. The molecule has 1 heterocycles. The van der Waals surface area contributed by atoms with Gasteiger partial charge in [0.25, 0.3) is 0 Å². The summed E-state index contributed by atoms with van der Waals surface area (Å²) in [5.74, 6) is 3.13. The molecule has 0 bridgehead atoms. The van der Waals surface area contributed by atoms with Crippen LogP contribution in [0.3, 0.4) is 0 Å². The zero-order valence-corrected chi connectivity index (χ0v) is 10.7. The van der Waals surface area contributed by atoms with Gasteiger partial charge in [-0.05, 0) is 24.3 Å². The maximum atomic E-state index is 5.40. The maximum absolute atomic E-state index is 5.40. The van der Waals surface area contributed by atoms with Gasteiger partial charge in [0.05, 0.1) is 12.2 Å². The summed E-state index contributed by atoms with van der Waals surface area (Å²) >= 11 is 3.39. The molecule has 0 radical (unpaired) electrons. The molecule has 0 amide bonds. The van der Waals surface area contributed by atoms with E-state index in [2.05, 4.69) is 32.2 Å². The fourth-order valence-electron chi connectivity index (χ4n) is 1.38. The Morgan fingerprint density at radius 1 is 1.35 bits per heavy atom. The number of hydrogen-bond donors (Lipinski definition) is 1. The van der Waals surface area contributed by atoms with Crippen molar-refractivity contribution in [3.63, 3.8) is 0 Å². The van der Waals surface area contributed by atoms with Gasteiger partial charge < -0.3 is 9.73 Å². The molecular formula is C13H11BrN2O. The molecule has 0 aliphatic heterocycles. The highest BCUT2D eigenvalue weighted by molar-refractivity contribution is 9.10. The van der Waals surface area contributed by atoms with E-state index < -0.39 is 0 Å². The van der Waals surface area contributed by atoms with Gasteiger partial charge in [0.2, 0.25) is 5.89 Å². The SMILES string of the molecule is C#CCNCc1coc(-c2ccc(Br)cc2)n1. The van der Waals surface area contributed by atoms with Crippen LogP contribution in [0.4, 0.5) is 0 Å². The maximum Gasteiger partial charge on any atom is 0.226 e. The first kappa shape index (κ1) is 11.9. The molecular weight excluding hydrogens is 280 g/mol. The second kappa shape index (κ2) is 5.67. The van der Waals surface area contributed by atoms with Gasteiger partial charge >= 0.3 is 0 Å². The van der Waals surface area contributed by atoms with Gasteiger partial charge in [0.1, 0.15) is 6.26 Å². The third kappa shape index (κ3) is 3.19. The Kier molecular flexibility index (Phi) is 3.97. The normalized spacial score (nSPS) is 10.1. The molecule has 1 N–H and O–H groups in total. The Morgan fingerprint density at radius 2 is 2.12 bits per heavy atom. The van der Waals surface area contributed by atoms with Crippen LogP contribution in [0.5, 0.6) is 0 Å². The Hall–Kier alpha value is -1.57. The molecule has 1 aromatic heterocycles. The van der Waals surface area contributed by atoms with Crippen LogP contribution < -0.4 is 5.32 Å². The zero-order valence-electron chi connectivity index (χ0n) is 9.11. The van der Waals surface area contributed by atoms with E-state index in [1.54, 1.807) is 6.26 Å². The molecule has 0 unspecified atom stereocenters. The van der Waals surface area contributed by atoms with Crippen LogP contribution in [0.2, 0.25) is 0 Å². The van der Waals surface area contributed by atoms with Crippen LogP contribution >= 0.6 is 15.9 Å². The summed E-state index contributed by atoms with van der Waals surface area (Å²) in [7, 11) is 0. The van der Waals surface area contributed by atoms with E-state index in [9.17, 15) is 0 Å². The second-order valence-corrected chi connectivity index (χ2v) is 4.37. The Labute approximate surface area is 108 Å².